The van der Waals surface area contributed by atoms with Crippen molar-refractivity contribution >= 4 is 11.8 Å². The third kappa shape index (κ3) is 8.50. The fourth-order valence-corrected chi connectivity index (χ4v) is 3.78. The van der Waals surface area contributed by atoms with E-state index in [-0.39, 0.29) is 6.10 Å². The van der Waals surface area contributed by atoms with Crippen molar-refractivity contribution in [1.29, 1.82) is 0 Å². The average Bonchev–Trinajstić information content (AvgIpc) is 2.96. The fraction of sp³-hybridized carbons (Fsp3) is 1.00. The van der Waals surface area contributed by atoms with E-state index in [1.807, 2.05) is 0 Å². The number of nitrogens with one attached hydrogen (secondary N) is 1. The molecule has 20 heavy (non-hydrogen) atoms. The van der Waals surface area contributed by atoms with Gasteiger partial charge in [-0.2, -0.15) is 11.8 Å². The number of unbranched alkanes of at least 4 members (excludes halogenated alkanes) is 1. The van der Waals surface area contributed by atoms with Crippen LogP contribution >= 0.6 is 11.8 Å². The lowest BCUT2D eigenvalue weighted by molar-refractivity contribution is 0.0194. The van der Waals surface area contributed by atoms with E-state index in [0.717, 1.165) is 18.4 Å². The summed E-state index contributed by atoms with van der Waals surface area (Å²) < 4.78 is 5.67. The summed E-state index contributed by atoms with van der Waals surface area (Å²) in [7, 11) is 0. The lowest BCUT2D eigenvalue weighted by atomic mass is 10.0. The van der Waals surface area contributed by atoms with E-state index in [0.29, 0.717) is 19.1 Å². The van der Waals surface area contributed by atoms with Gasteiger partial charge < -0.3 is 15.2 Å². The van der Waals surface area contributed by atoms with Gasteiger partial charge >= 0.3 is 0 Å². The molecule has 3 unspecified atom stereocenters. The molecule has 0 aromatic heterocycles. The van der Waals surface area contributed by atoms with Crippen molar-refractivity contribution in [3.63, 3.8) is 0 Å². The molecule has 4 heteroatoms. The van der Waals surface area contributed by atoms with Gasteiger partial charge in [0.05, 0.1) is 12.7 Å². The molecule has 3 atom stereocenters. The smallest absolute Gasteiger partial charge is 0.0897 e. The van der Waals surface area contributed by atoms with E-state index in [9.17, 15) is 5.11 Å². The molecule has 0 amide bonds. The second-order valence-electron chi connectivity index (χ2n) is 5.90. The van der Waals surface area contributed by atoms with E-state index in [1.54, 1.807) is 0 Å². The maximum absolute atomic E-state index is 9.89. The first kappa shape index (κ1) is 18.3. The fourth-order valence-electron chi connectivity index (χ4n) is 2.54. The molecule has 1 aliphatic heterocycles. The molecule has 0 bridgehead atoms. The molecule has 1 aliphatic rings. The maximum Gasteiger partial charge on any atom is 0.0897 e. The summed E-state index contributed by atoms with van der Waals surface area (Å²) in [4.78, 5) is 0. The minimum absolute atomic E-state index is 0.370. The Balaban J connectivity index is 1.96. The number of thioether (sulfide) groups is 1. The molecule has 1 rings (SSSR count). The zero-order valence-electron chi connectivity index (χ0n) is 13.3. The standard InChI is InChI=1S/C16H33NO2S/c1-3-5-7-14(4-2)12-19-13-15(18)10-17-11-16-8-6-9-20-16/h14-18H,3-13H2,1-2H3. The number of aliphatic hydroxyl groups is 1. The van der Waals surface area contributed by atoms with Gasteiger partial charge in [0.1, 0.15) is 0 Å². The molecule has 3 nitrogen and oxygen atoms in total. The molecule has 0 aliphatic carbocycles. The Morgan fingerprint density at radius 1 is 1.35 bits per heavy atom. The van der Waals surface area contributed by atoms with Crippen molar-refractivity contribution in [3.8, 4) is 0 Å². The average molecular weight is 304 g/mol. The van der Waals surface area contributed by atoms with E-state index in [4.69, 9.17) is 4.74 Å². The van der Waals surface area contributed by atoms with E-state index < -0.39 is 0 Å². The number of aliphatic hydroxyl groups excluding tert-OH is 1. The van der Waals surface area contributed by atoms with Crippen molar-refractivity contribution in [2.75, 3.05) is 32.1 Å². The number of rotatable bonds is 12. The van der Waals surface area contributed by atoms with E-state index in [2.05, 4.69) is 30.9 Å². The van der Waals surface area contributed by atoms with Crippen molar-refractivity contribution in [2.45, 2.75) is 63.7 Å². The highest BCUT2D eigenvalue weighted by Gasteiger charge is 2.15. The minimum atomic E-state index is -0.370. The zero-order chi connectivity index (χ0) is 14.6. The van der Waals surface area contributed by atoms with E-state index >= 15 is 0 Å². The quantitative estimate of drug-likeness (QED) is 0.581. The largest absolute Gasteiger partial charge is 0.389 e. The number of hydrogen-bond acceptors (Lipinski definition) is 4. The third-order valence-electron chi connectivity index (χ3n) is 3.98. The van der Waals surface area contributed by atoms with Gasteiger partial charge in [0, 0.05) is 24.9 Å². The molecular weight excluding hydrogens is 270 g/mol. The topological polar surface area (TPSA) is 41.5 Å². The van der Waals surface area contributed by atoms with Gasteiger partial charge in [-0.25, -0.2) is 0 Å². The lowest BCUT2D eigenvalue weighted by Gasteiger charge is -2.18. The first-order valence-electron chi connectivity index (χ1n) is 8.34. The Morgan fingerprint density at radius 3 is 2.85 bits per heavy atom. The van der Waals surface area contributed by atoms with Gasteiger partial charge in [-0.1, -0.05) is 33.1 Å². The molecule has 0 aromatic carbocycles. The first-order chi connectivity index (χ1) is 9.76. The summed E-state index contributed by atoms with van der Waals surface area (Å²) in [5.41, 5.74) is 0. The Labute approximate surface area is 129 Å². The van der Waals surface area contributed by atoms with Crippen molar-refractivity contribution in [3.05, 3.63) is 0 Å². The first-order valence-corrected chi connectivity index (χ1v) is 9.39. The molecule has 0 saturated carbocycles. The van der Waals surface area contributed by atoms with Crippen LogP contribution in [0.5, 0.6) is 0 Å². The second-order valence-corrected chi connectivity index (χ2v) is 7.31. The van der Waals surface area contributed by atoms with Crippen LogP contribution in [0.4, 0.5) is 0 Å². The predicted octanol–water partition coefficient (Wildman–Crippen LogP) is 3.07. The van der Waals surface area contributed by atoms with Crippen LogP contribution in [-0.2, 0) is 4.74 Å². The van der Waals surface area contributed by atoms with Crippen LogP contribution in [0.25, 0.3) is 0 Å². The van der Waals surface area contributed by atoms with Gasteiger partial charge in [-0.3, -0.25) is 0 Å². The Kier molecular flexibility index (Phi) is 10.8. The molecule has 2 N–H and O–H groups in total. The van der Waals surface area contributed by atoms with Crippen LogP contribution in [0.1, 0.15) is 52.4 Å². The van der Waals surface area contributed by atoms with Crippen LogP contribution in [0.3, 0.4) is 0 Å². The monoisotopic (exact) mass is 303 g/mol. The summed E-state index contributed by atoms with van der Waals surface area (Å²) in [5.74, 6) is 1.96. The summed E-state index contributed by atoms with van der Waals surface area (Å²) in [5, 5.41) is 14.0. The van der Waals surface area contributed by atoms with Gasteiger partial charge in [0.15, 0.2) is 0 Å². The van der Waals surface area contributed by atoms with Crippen molar-refractivity contribution in [2.24, 2.45) is 5.92 Å². The molecular formula is C16H33NO2S. The molecule has 0 radical (unpaired) electrons. The summed E-state index contributed by atoms with van der Waals surface area (Å²) >= 11 is 2.05. The third-order valence-corrected chi connectivity index (χ3v) is 5.38. The Bertz CT molecular complexity index is 223. The van der Waals surface area contributed by atoms with Gasteiger partial charge in [-0.15, -0.1) is 0 Å². The lowest BCUT2D eigenvalue weighted by Crippen LogP contribution is -2.34. The van der Waals surface area contributed by atoms with Crippen LogP contribution in [-0.4, -0.2) is 48.5 Å². The highest BCUT2D eigenvalue weighted by atomic mass is 32.2. The maximum atomic E-state index is 9.89. The van der Waals surface area contributed by atoms with Crippen LogP contribution in [0.2, 0.25) is 0 Å². The van der Waals surface area contributed by atoms with Gasteiger partial charge in [-0.05, 0) is 30.9 Å². The molecule has 1 heterocycles. The van der Waals surface area contributed by atoms with Gasteiger partial charge in [0.2, 0.25) is 0 Å². The normalized spacial score (nSPS) is 22.1. The van der Waals surface area contributed by atoms with E-state index in [1.165, 1.54) is 44.3 Å². The molecule has 1 fully saturated rings. The molecule has 120 valence electrons. The highest BCUT2D eigenvalue weighted by Crippen LogP contribution is 2.25. The Hall–Kier alpha value is 0.230. The number of ether oxygens (including phenoxy) is 1. The van der Waals surface area contributed by atoms with Crippen molar-refractivity contribution in [1.82, 2.24) is 5.32 Å². The molecule has 0 spiro atoms. The van der Waals surface area contributed by atoms with Gasteiger partial charge in [0.25, 0.3) is 0 Å². The van der Waals surface area contributed by atoms with Crippen LogP contribution in [0, 0.1) is 5.92 Å². The van der Waals surface area contributed by atoms with Crippen LogP contribution < -0.4 is 5.32 Å². The zero-order valence-corrected chi connectivity index (χ0v) is 14.1. The highest BCUT2D eigenvalue weighted by molar-refractivity contribution is 8.00. The van der Waals surface area contributed by atoms with Crippen LogP contribution in [0.15, 0.2) is 0 Å². The predicted molar refractivity (Wildman–Crippen MR) is 88.5 cm³/mol. The summed E-state index contributed by atoms with van der Waals surface area (Å²) in [6.07, 6.45) is 7.25. The Morgan fingerprint density at radius 2 is 2.20 bits per heavy atom. The summed E-state index contributed by atoms with van der Waals surface area (Å²) in [6.45, 7) is 7.39. The SMILES string of the molecule is CCCCC(CC)COCC(O)CNCC1CCCS1. The minimum Gasteiger partial charge on any atom is -0.389 e. The summed E-state index contributed by atoms with van der Waals surface area (Å²) in [6, 6.07) is 0. The van der Waals surface area contributed by atoms with Crippen molar-refractivity contribution < 1.29 is 9.84 Å². The second kappa shape index (κ2) is 11.8. The molecule has 0 aromatic rings. The molecule has 1 saturated heterocycles. The number of hydrogen-bond donors (Lipinski definition) is 2.